The number of rotatable bonds is 6. The second kappa shape index (κ2) is 7.77. The number of halogens is 3. The lowest BCUT2D eigenvalue weighted by atomic mass is 10.2. The predicted molar refractivity (Wildman–Crippen MR) is 85.8 cm³/mol. The second-order valence-corrected chi connectivity index (χ2v) is 7.48. The van der Waals surface area contributed by atoms with E-state index in [1.807, 2.05) is 0 Å². The number of alkyl halides is 3. The van der Waals surface area contributed by atoms with E-state index in [9.17, 15) is 26.4 Å². The minimum absolute atomic E-state index is 0.00692. The molecule has 1 N–H and O–H groups in total. The van der Waals surface area contributed by atoms with E-state index in [1.54, 1.807) is 5.32 Å². The molecule has 2 rings (SSSR count). The molecule has 0 atom stereocenters. The van der Waals surface area contributed by atoms with E-state index in [4.69, 9.17) is 0 Å². The van der Waals surface area contributed by atoms with Gasteiger partial charge in [-0.2, -0.15) is 13.2 Å². The zero-order valence-corrected chi connectivity index (χ0v) is 14.4. The highest BCUT2D eigenvalue weighted by Gasteiger charge is 2.27. The first kappa shape index (κ1) is 19.8. The third-order valence-electron chi connectivity index (χ3n) is 3.31. The number of aromatic nitrogens is 3. The molecule has 11 heteroatoms. The Kier molecular flexibility index (Phi) is 5.90. The minimum Gasteiger partial charge on any atom is -0.347 e. The van der Waals surface area contributed by atoms with Crippen LogP contribution < -0.4 is 5.32 Å². The fourth-order valence-corrected chi connectivity index (χ4v) is 3.05. The molecule has 0 saturated carbocycles. The summed E-state index contributed by atoms with van der Waals surface area (Å²) in [7, 11) is -3.53. The van der Waals surface area contributed by atoms with Gasteiger partial charge in [-0.25, -0.2) is 8.42 Å². The lowest BCUT2D eigenvalue weighted by molar-refractivity contribution is -0.138. The van der Waals surface area contributed by atoms with E-state index in [0.717, 1.165) is 0 Å². The Morgan fingerprint density at radius 1 is 1.19 bits per heavy atom. The third-order valence-corrected chi connectivity index (χ3v) is 5.06. The molecule has 26 heavy (non-hydrogen) atoms. The number of pyridine rings is 1. The van der Waals surface area contributed by atoms with Crippen molar-refractivity contribution in [2.75, 3.05) is 12.3 Å². The summed E-state index contributed by atoms with van der Waals surface area (Å²) in [6.07, 6.45) is 0.230. The number of hydrogen-bond acceptors (Lipinski definition) is 6. The van der Waals surface area contributed by atoms with Gasteiger partial charge in [-0.05, 0) is 6.07 Å². The van der Waals surface area contributed by atoms with Crippen LogP contribution in [0.15, 0.2) is 35.7 Å². The highest BCUT2D eigenvalue weighted by Crippen LogP contribution is 2.25. The van der Waals surface area contributed by atoms with Crippen molar-refractivity contribution in [2.45, 2.75) is 24.4 Å². The van der Waals surface area contributed by atoms with E-state index in [0.29, 0.717) is 5.56 Å². The molecular formula is C15H15F3N4O3S. The Morgan fingerprint density at radius 3 is 2.50 bits per heavy atom. The molecule has 7 nitrogen and oxygen atoms in total. The molecule has 0 aliphatic rings. The Bertz CT molecular complexity index is 884. The van der Waals surface area contributed by atoms with E-state index in [-0.39, 0.29) is 28.5 Å². The molecule has 0 aliphatic carbocycles. The van der Waals surface area contributed by atoms with Gasteiger partial charge in [0.15, 0.2) is 9.84 Å². The summed E-state index contributed by atoms with van der Waals surface area (Å²) in [6.45, 7) is 0.0764. The average molecular weight is 388 g/mol. The van der Waals surface area contributed by atoms with Crippen LogP contribution in [0.25, 0.3) is 11.3 Å². The summed E-state index contributed by atoms with van der Waals surface area (Å²) in [6, 6.07) is 1.47. The Labute approximate surface area is 147 Å². The van der Waals surface area contributed by atoms with Crippen LogP contribution in [0.4, 0.5) is 13.2 Å². The monoisotopic (exact) mass is 388 g/mol. The van der Waals surface area contributed by atoms with Gasteiger partial charge in [0.2, 0.25) is 5.91 Å². The van der Waals surface area contributed by atoms with Crippen molar-refractivity contribution >= 4 is 15.7 Å². The maximum atomic E-state index is 12.1. The van der Waals surface area contributed by atoms with Crippen molar-refractivity contribution in [3.05, 3.63) is 36.5 Å². The number of carbonyl (C=O) groups is 1. The molecule has 0 aliphatic heterocycles. The summed E-state index contributed by atoms with van der Waals surface area (Å²) < 4.78 is 60.4. The Morgan fingerprint density at radius 2 is 1.92 bits per heavy atom. The summed E-state index contributed by atoms with van der Waals surface area (Å²) in [5.41, 5.74) is 0.712. The lowest BCUT2D eigenvalue weighted by Gasteiger charge is -2.09. The van der Waals surface area contributed by atoms with Crippen molar-refractivity contribution in [3.63, 3.8) is 0 Å². The standard InChI is InChI=1S/C15H15F3N4O3S/c1-2-26(24,25)13-8-19-4-3-11(13)12-7-20-10(6-21-12)5-14(23)22-9-15(16,17)18/h3-4,6-8H,2,5,9H2,1H3,(H,22,23). The highest BCUT2D eigenvalue weighted by atomic mass is 32.2. The Balaban J connectivity index is 2.17. The molecule has 0 radical (unpaired) electrons. The molecule has 0 unspecified atom stereocenters. The zero-order valence-electron chi connectivity index (χ0n) is 13.6. The van der Waals surface area contributed by atoms with Crippen molar-refractivity contribution in [2.24, 2.45) is 0 Å². The fourth-order valence-electron chi connectivity index (χ4n) is 2.01. The maximum Gasteiger partial charge on any atom is 0.405 e. The van der Waals surface area contributed by atoms with E-state index < -0.39 is 28.5 Å². The second-order valence-electron chi connectivity index (χ2n) is 5.24. The molecule has 0 spiro atoms. The van der Waals surface area contributed by atoms with Gasteiger partial charge in [-0.1, -0.05) is 6.92 Å². The van der Waals surface area contributed by atoms with Crippen molar-refractivity contribution < 1.29 is 26.4 Å². The van der Waals surface area contributed by atoms with Crippen molar-refractivity contribution in [1.82, 2.24) is 20.3 Å². The number of sulfone groups is 1. The van der Waals surface area contributed by atoms with Crippen LogP contribution in [0.2, 0.25) is 0 Å². The number of carbonyl (C=O) groups excluding carboxylic acids is 1. The molecular weight excluding hydrogens is 373 g/mol. The number of hydrogen-bond donors (Lipinski definition) is 1. The van der Waals surface area contributed by atoms with Crippen LogP contribution in [0, 0.1) is 0 Å². The van der Waals surface area contributed by atoms with Crippen LogP contribution in [-0.4, -0.2) is 47.8 Å². The summed E-state index contributed by atoms with van der Waals surface area (Å²) in [5, 5.41) is 1.73. The molecule has 0 bridgehead atoms. The molecule has 2 aromatic rings. The summed E-state index contributed by atoms with van der Waals surface area (Å²) in [5.74, 6) is -0.959. The molecule has 1 amide bonds. The molecule has 2 aromatic heterocycles. The van der Waals surface area contributed by atoms with Crippen LogP contribution in [0.3, 0.4) is 0 Å². The number of nitrogens with zero attached hydrogens (tertiary/aromatic N) is 3. The van der Waals surface area contributed by atoms with Gasteiger partial charge >= 0.3 is 6.18 Å². The molecule has 140 valence electrons. The molecule has 0 saturated heterocycles. The van der Waals surface area contributed by atoms with Crippen LogP contribution in [0.1, 0.15) is 12.6 Å². The lowest BCUT2D eigenvalue weighted by Crippen LogP contribution is -2.34. The molecule has 0 aromatic carbocycles. The average Bonchev–Trinajstić information content (AvgIpc) is 2.60. The van der Waals surface area contributed by atoms with E-state index in [2.05, 4.69) is 15.0 Å². The zero-order chi connectivity index (χ0) is 19.4. The first-order valence-corrected chi connectivity index (χ1v) is 9.09. The maximum absolute atomic E-state index is 12.1. The first-order chi connectivity index (χ1) is 12.1. The van der Waals surface area contributed by atoms with E-state index in [1.165, 1.54) is 37.8 Å². The molecule has 2 heterocycles. The van der Waals surface area contributed by atoms with Crippen molar-refractivity contribution in [1.29, 1.82) is 0 Å². The highest BCUT2D eigenvalue weighted by molar-refractivity contribution is 7.91. The van der Waals surface area contributed by atoms with Crippen LogP contribution >= 0.6 is 0 Å². The van der Waals surface area contributed by atoms with Gasteiger partial charge in [0.05, 0.1) is 34.7 Å². The van der Waals surface area contributed by atoms with Gasteiger partial charge in [0.1, 0.15) is 6.54 Å². The van der Waals surface area contributed by atoms with Gasteiger partial charge in [0.25, 0.3) is 0 Å². The summed E-state index contributed by atoms with van der Waals surface area (Å²) in [4.78, 5) is 23.3. The topological polar surface area (TPSA) is 102 Å². The number of amides is 1. The van der Waals surface area contributed by atoms with Gasteiger partial charge in [-0.15, -0.1) is 0 Å². The SMILES string of the molecule is CCS(=O)(=O)c1cnccc1-c1cnc(CC(=O)NCC(F)(F)F)cn1. The quantitative estimate of drug-likeness (QED) is 0.806. The largest absolute Gasteiger partial charge is 0.405 e. The van der Waals surface area contributed by atoms with E-state index >= 15 is 0 Å². The number of nitrogens with one attached hydrogen (secondary N) is 1. The smallest absolute Gasteiger partial charge is 0.347 e. The molecule has 0 fully saturated rings. The van der Waals surface area contributed by atoms with Gasteiger partial charge < -0.3 is 5.32 Å². The predicted octanol–water partition coefficient (Wildman–Crippen LogP) is 1.55. The normalized spacial score (nSPS) is 12.0. The Hall–Kier alpha value is -2.56. The van der Waals surface area contributed by atoms with Crippen LogP contribution in [-0.2, 0) is 21.1 Å². The van der Waals surface area contributed by atoms with Crippen molar-refractivity contribution in [3.8, 4) is 11.3 Å². The first-order valence-electron chi connectivity index (χ1n) is 7.44. The fraction of sp³-hybridized carbons (Fsp3) is 0.333. The van der Waals surface area contributed by atoms with Crippen LogP contribution in [0.5, 0.6) is 0 Å². The third kappa shape index (κ3) is 5.22. The van der Waals surface area contributed by atoms with Gasteiger partial charge in [-0.3, -0.25) is 19.7 Å². The minimum atomic E-state index is -4.49. The summed E-state index contributed by atoms with van der Waals surface area (Å²) >= 11 is 0. The van der Waals surface area contributed by atoms with Gasteiger partial charge in [0, 0.05) is 24.2 Å².